The van der Waals surface area contributed by atoms with E-state index in [2.05, 4.69) is 4.98 Å². The van der Waals surface area contributed by atoms with E-state index in [1.807, 2.05) is 45.9 Å². The van der Waals surface area contributed by atoms with Gasteiger partial charge in [0.05, 0.1) is 19.4 Å². The van der Waals surface area contributed by atoms with Gasteiger partial charge in [0.25, 0.3) is 0 Å². The topological polar surface area (TPSA) is 68.7 Å². The number of carbonyl (C=O) groups excluding carboxylic acids is 1. The number of phenols is 1. The van der Waals surface area contributed by atoms with E-state index in [1.54, 1.807) is 12.3 Å². The van der Waals surface area contributed by atoms with Gasteiger partial charge in [-0.15, -0.1) is 0 Å². The normalized spacial score (nSPS) is 10.9. The van der Waals surface area contributed by atoms with Crippen molar-refractivity contribution in [2.45, 2.75) is 47.0 Å². The van der Waals surface area contributed by atoms with Crippen molar-refractivity contribution >= 4 is 5.78 Å². The van der Waals surface area contributed by atoms with E-state index >= 15 is 0 Å². The molecule has 0 saturated heterocycles. The quantitative estimate of drug-likeness (QED) is 0.627. The van der Waals surface area contributed by atoms with Gasteiger partial charge in [0.15, 0.2) is 0 Å². The number of phenolic OH excluding ortho intramolecular Hbond substituents is 1. The molecule has 0 spiro atoms. The predicted octanol–water partition coefficient (Wildman–Crippen LogP) is 4.41. The summed E-state index contributed by atoms with van der Waals surface area (Å²) in [6.45, 7) is 8.62. The number of aromatic hydroxyl groups is 1. The van der Waals surface area contributed by atoms with Crippen molar-refractivity contribution in [3.05, 3.63) is 47.3 Å². The Morgan fingerprint density at radius 1 is 1.07 bits per heavy atom. The minimum atomic E-state index is -0.0430. The Morgan fingerprint density at radius 2 is 1.78 bits per heavy atom. The highest BCUT2D eigenvalue weighted by Gasteiger charge is 2.15. The van der Waals surface area contributed by atoms with Crippen LogP contribution in [-0.4, -0.2) is 29.1 Å². The number of hydrogen-bond acceptors (Lipinski definition) is 5. The maximum absolute atomic E-state index is 11.9. The molecule has 1 heterocycles. The zero-order valence-corrected chi connectivity index (χ0v) is 16.6. The van der Waals surface area contributed by atoms with Gasteiger partial charge < -0.3 is 14.6 Å². The fourth-order valence-electron chi connectivity index (χ4n) is 2.54. The summed E-state index contributed by atoms with van der Waals surface area (Å²) in [6.07, 6.45) is 3.67. The highest BCUT2D eigenvalue weighted by Crippen LogP contribution is 2.31. The molecule has 0 amide bonds. The van der Waals surface area contributed by atoms with Crippen molar-refractivity contribution in [1.82, 2.24) is 4.98 Å². The number of aromatic nitrogens is 1. The van der Waals surface area contributed by atoms with E-state index in [4.69, 9.17) is 9.47 Å². The molecule has 0 saturated carbocycles. The number of carbonyl (C=O) groups is 1. The van der Waals surface area contributed by atoms with Gasteiger partial charge in [-0.2, -0.15) is 0 Å². The summed E-state index contributed by atoms with van der Waals surface area (Å²) in [5, 5.41) is 10.3. The number of aryl methyl sites for hydroxylation is 1. The number of pyridine rings is 1. The Kier molecular flexibility index (Phi) is 7.65. The fourth-order valence-corrected chi connectivity index (χ4v) is 2.54. The van der Waals surface area contributed by atoms with E-state index in [9.17, 15) is 9.90 Å². The average molecular weight is 371 g/mol. The van der Waals surface area contributed by atoms with Crippen molar-refractivity contribution in [2.24, 2.45) is 5.92 Å². The number of nitrogens with zero attached hydrogens (tertiary/aromatic N) is 1. The van der Waals surface area contributed by atoms with E-state index in [1.165, 1.54) is 0 Å². The lowest BCUT2D eigenvalue weighted by atomic mass is 9.98. The Morgan fingerprint density at radius 3 is 2.41 bits per heavy atom. The second-order valence-corrected chi connectivity index (χ2v) is 7.03. The summed E-state index contributed by atoms with van der Waals surface area (Å²) in [5.41, 5.74) is 2.29. The van der Waals surface area contributed by atoms with Crippen molar-refractivity contribution in [3.63, 3.8) is 0 Å². The standard InChI is InChI=1S/C22H29NO4/c1-15(2)20(24)13-18-8-10-21(17(4)22(18)25)27-12-6-5-11-26-19-9-7-16(3)23-14-19/h7-10,14-15,25H,5-6,11-13H2,1-4H3. The largest absolute Gasteiger partial charge is 0.507 e. The SMILES string of the molecule is Cc1ccc(OCCCCOc2ccc(CC(=O)C(C)C)c(O)c2C)cn1. The van der Waals surface area contributed by atoms with Gasteiger partial charge in [-0.05, 0) is 44.9 Å². The Balaban J connectivity index is 1.76. The average Bonchev–Trinajstić information content (AvgIpc) is 2.64. The molecular formula is C22H29NO4. The predicted molar refractivity (Wildman–Crippen MR) is 106 cm³/mol. The molecule has 0 unspecified atom stereocenters. The van der Waals surface area contributed by atoms with Crippen LogP contribution in [0.1, 0.15) is 43.5 Å². The Bertz CT molecular complexity index is 754. The number of benzene rings is 1. The van der Waals surface area contributed by atoms with Crippen LogP contribution in [0.5, 0.6) is 17.2 Å². The first kappa shape index (κ1) is 20.7. The second-order valence-electron chi connectivity index (χ2n) is 7.03. The minimum absolute atomic E-state index is 0.0430. The van der Waals surface area contributed by atoms with Gasteiger partial charge in [0, 0.05) is 29.2 Å². The Hall–Kier alpha value is -2.56. The van der Waals surface area contributed by atoms with E-state index < -0.39 is 0 Å². The summed E-state index contributed by atoms with van der Waals surface area (Å²) in [7, 11) is 0. The molecule has 0 aliphatic carbocycles. The van der Waals surface area contributed by atoms with Crippen LogP contribution in [0.2, 0.25) is 0 Å². The molecule has 0 bridgehead atoms. The van der Waals surface area contributed by atoms with Gasteiger partial charge >= 0.3 is 0 Å². The maximum Gasteiger partial charge on any atom is 0.139 e. The molecule has 0 radical (unpaired) electrons. The van der Waals surface area contributed by atoms with Crippen LogP contribution in [-0.2, 0) is 11.2 Å². The molecule has 2 rings (SSSR count). The number of hydrogen-bond donors (Lipinski definition) is 1. The summed E-state index contributed by atoms with van der Waals surface area (Å²) in [4.78, 5) is 16.1. The molecule has 1 N–H and O–H groups in total. The summed E-state index contributed by atoms with van der Waals surface area (Å²) in [5.74, 6) is 1.64. The summed E-state index contributed by atoms with van der Waals surface area (Å²) >= 11 is 0. The van der Waals surface area contributed by atoms with Crippen LogP contribution in [0, 0.1) is 19.8 Å². The van der Waals surface area contributed by atoms with Crippen molar-refractivity contribution in [3.8, 4) is 17.2 Å². The van der Waals surface area contributed by atoms with Gasteiger partial charge in [-0.1, -0.05) is 19.9 Å². The van der Waals surface area contributed by atoms with Crippen LogP contribution >= 0.6 is 0 Å². The van der Waals surface area contributed by atoms with Crippen molar-refractivity contribution in [1.29, 1.82) is 0 Å². The number of ether oxygens (including phenoxy) is 2. The first-order valence-corrected chi connectivity index (χ1v) is 9.41. The lowest BCUT2D eigenvalue weighted by Gasteiger charge is -2.14. The zero-order chi connectivity index (χ0) is 19.8. The fraction of sp³-hybridized carbons (Fsp3) is 0.455. The van der Waals surface area contributed by atoms with E-state index in [0.29, 0.717) is 30.1 Å². The molecule has 0 aliphatic rings. The number of ketones is 1. The zero-order valence-electron chi connectivity index (χ0n) is 16.6. The second kappa shape index (κ2) is 9.95. The van der Waals surface area contributed by atoms with Gasteiger partial charge in [0.2, 0.25) is 0 Å². The minimum Gasteiger partial charge on any atom is -0.507 e. The number of rotatable bonds is 10. The van der Waals surface area contributed by atoms with Gasteiger partial charge in [0.1, 0.15) is 23.0 Å². The van der Waals surface area contributed by atoms with Crippen molar-refractivity contribution in [2.75, 3.05) is 13.2 Å². The highest BCUT2D eigenvalue weighted by atomic mass is 16.5. The third-order valence-electron chi connectivity index (χ3n) is 4.42. The number of unbranched alkanes of at least 4 members (excludes halogenated alkanes) is 1. The highest BCUT2D eigenvalue weighted by molar-refractivity contribution is 5.83. The first-order valence-electron chi connectivity index (χ1n) is 9.41. The molecule has 5 nitrogen and oxygen atoms in total. The van der Waals surface area contributed by atoms with E-state index in [0.717, 1.165) is 24.3 Å². The molecular weight excluding hydrogens is 342 g/mol. The molecule has 2 aromatic rings. The van der Waals surface area contributed by atoms with E-state index in [-0.39, 0.29) is 23.9 Å². The monoisotopic (exact) mass is 371 g/mol. The Labute approximate surface area is 161 Å². The molecule has 27 heavy (non-hydrogen) atoms. The van der Waals surface area contributed by atoms with Gasteiger partial charge in [-0.25, -0.2) is 0 Å². The molecule has 1 aromatic carbocycles. The lowest BCUT2D eigenvalue weighted by Crippen LogP contribution is -2.10. The van der Waals surface area contributed by atoms with Crippen molar-refractivity contribution < 1.29 is 19.4 Å². The number of Topliss-reactive ketones (excluding diaryl/α,β-unsaturated/α-hetero) is 1. The summed E-state index contributed by atoms with van der Waals surface area (Å²) in [6, 6.07) is 7.43. The molecule has 1 aromatic heterocycles. The molecule has 146 valence electrons. The lowest BCUT2D eigenvalue weighted by molar-refractivity contribution is -0.121. The van der Waals surface area contributed by atoms with Crippen LogP contribution < -0.4 is 9.47 Å². The van der Waals surface area contributed by atoms with Crippen LogP contribution in [0.15, 0.2) is 30.5 Å². The molecule has 5 heteroatoms. The van der Waals surface area contributed by atoms with Crippen LogP contribution in [0.4, 0.5) is 0 Å². The summed E-state index contributed by atoms with van der Waals surface area (Å²) < 4.78 is 11.4. The van der Waals surface area contributed by atoms with Gasteiger partial charge in [-0.3, -0.25) is 9.78 Å². The van der Waals surface area contributed by atoms with Crippen LogP contribution in [0.3, 0.4) is 0 Å². The maximum atomic E-state index is 11.9. The third-order valence-corrected chi connectivity index (χ3v) is 4.42. The molecule has 0 atom stereocenters. The smallest absolute Gasteiger partial charge is 0.139 e. The first-order chi connectivity index (χ1) is 12.9. The molecule has 0 fully saturated rings. The molecule has 0 aliphatic heterocycles. The van der Waals surface area contributed by atoms with Crippen LogP contribution in [0.25, 0.3) is 0 Å². The third kappa shape index (κ3) is 6.27.